The Bertz CT molecular complexity index is 552. The van der Waals surface area contributed by atoms with Crippen LogP contribution in [0.2, 0.25) is 0 Å². The second-order valence-corrected chi connectivity index (χ2v) is 4.51. The van der Waals surface area contributed by atoms with Crippen LogP contribution in [0.1, 0.15) is 41.1 Å². The Kier molecular flexibility index (Phi) is 3.32. The Morgan fingerprint density at radius 2 is 2.11 bits per heavy atom. The first-order valence-corrected chi connectivity index (χ1v) is 6.08. The molecule has 1 aliphatic rings. The largest absolute Gasteiger partial charge is 0.380 e. The maximum Gasteiger partial charge on any atom is 0.210 e. The molecule has 0 bridgehead atoms. The van der Waals surface area contributed by atoms with Gasteiger partial charge in [0.2, 0.25) is 11.6 Å². The molecule has 92 valence electrons. The van der Waals surface area contributed by atoms with E-state index in [9.17, 15) is 9.59 Å². The van der Waals surface area contributed by atoms with Crippen molar-refractivity contribution in [3.8, 4) is 0 Å². The van der Waals surface area contributed by atoms with Crippen LogP contribution in [0.5, 0.6) is 0 Å². The van der Waals surface area contributed by atoms with E-state index in [0.717, 1.165) is 6.42 Å². The quantitative estimate of drug-likeness (QED) is 0.792. The summed E-state index contributed by atoms with van der Waals surface area (Å²) in [7, 11) is 1.67. The molecule has 18 heavy (non-hydrogen) atoms. The molecule has 0 spiro atoms. The predicted octanol–water partition coefficient (Wildman–Crippen LogP) is 0.693. The molecule has 5 heteroatoms. The van der Waals surface area contributed by atoms with Crippen LogP contribution in [0.4, 0.5) is 0 Å². The van der Waals surface area contributed by atoms with Crippen molar-refractivity contribution in [1.82, 2.24) is 10.3 Å². The first-order valence-electron chi connectivity index (χ1n) is 6.08. The molecule has 0 aromatic carbocycles. The Morgan fingerprint density at radius 3 is 2.78 bits per heavy atom. The van der Waals surface area contributed by atoms with Gasteiger partial charge in [-0.05, 0) is 30.9 Å². The number of nitrogens with zero attached hydrogens (tertiary/aromatic N) is 1. The molecule has 1 heterocycles. The molecule has 4 nitrogen and oxygen atoms in total. The van der Waals surface area contributed by atoms with Crippen LogP contribution in [0.3, 0.4) is 0 Å². The lowest BCUT2D eigenvalue weighted by molar-refractivity contribution is 0.0969. The number of hydrogen-bond acceptors (Lipinski definition) is 4. The normalized spacial score (nSPS) is 16.6. The average Bonchev–Trinajstić information content (AvgIpc) is 2.40. The van der Waals surface area contributed by atoms with Gasteiger partial charge in [-0.25, -0.2) is 0 Å². The first-order chi connectivity index (χ1) is 8.56. The molecule has 1 aromatic rings. The molecular weight excluding hydrogens is 227 g/mol. The van der Waals surface area contributed by atoms with E-state index < -0.39 is 0 Å². The minimum atomic E-state index is -0.170. The fourth-order valence-electron chi connectivity index (χ4n) is 1.89. The van der Waals surface area contributed by atoms with Gasteiger partial charge in [0.05, 0.1) is 11.3 Å². The third-order valence-corrected chi connectivity index (χ3v) is 3.21. The van der Waals surface area contributed by atoms with Crippen molar-refractivity contribution in [3.05, 3.63) is 40.8 Å². The van der Waals surface area contributed by atoms with Gasteiger partial charge in [0.25, 0.3) is 0 Å². The topological polar surface area (TPSA) is 59.1 Å². The summed E-state index contributed by atoms with van der Waals surface area (Å²) < 4.78 is 0. The lowest BCUT2D eigenvalue weighted by Crippen LogP contribution is -2.35. The SMILES string of the molecule is BC1=C(NC(C)CC)C(=O)c2cccnc2C1=O. The molecule has 0 aliphatic heterocycles. The van der Waals surface area contributed by atoms with Gasteiger partial charge in [0, 0.05) is 12.2 Å². The lowest BCUT2D eigenvalue weighted by Gasteiger charge is -2.22. The molecule has 0 fully saturated rings. The molecule has 0 saturated carbocycles. The monoisotopic (exact) mass is 242 g/mol. The minimum Gasteiger partial charge on any atom is -0.380 e. The van der Waals surface area contributed by atoms with Crippen molar-refractivity contribution < 1.29 is 9.59 Å². The first kappa shape index (κ1) is 12.5. The Hall–Kier alpha value is -1.91. The van der Waals surface area contributed by atoms with E-state index in [-0.39, 0.29) is 23.3 Å². The number of hydrogen-bond donors (Lipinski definition) is 1. The van der Waals surface area contributed by atoms with Crippen LogP contribution in [0.15, 0.2) is 29.5 Å². The fraction of sp³-hybridized carbons (Fsp3) is 0.308. The van der Waals surface area contributed by atoms with E-state index in [4.69, 9.17) is 0 Å². The molecule has 0 radical (unpaired) electrons. The standard InChI is InChI=1S/C13H15BN2O2/c1-3-7(2)16-11-9(14)13(18)10-8(12(11)17)5-4-6-15-10/h4-7,16H,3,14H2,1-2H3. The highest BCUT2D eigenvalue weighted by Gasteiger charge is 2.30. The average molecular weight is 242 g/mol. The van der Waals surface area contributed by atoms with Gasteiger partial charge in [0.15, 0.2) is 0 Å². The molecular formula is C13H15BN2O2. The second kappa shape index (κ2) is 4.76. The summed E-state index contributed by atoms with van der Waals surface area (Å²) in [5, 5.41) is 3.12. The summed E-state index contributed by atoms with van der Waals surface area (Å²) in [6.07, 6.45) is 2.42. The van der Waals surface area contributed by atoms with Crippen LogP contribution in [0, 0.1) is 0 Å². The molecule has 1 unspecified atom stereocenters. The summed E-state index contributed by atoms with van der Waals surface area (Å²) >= 11 is 0. The molecule has 0 amide bonds. The number of fused-ring (bicyclic) bond motifs is 1. The van der Waals surface area contributed by atoms with Crippen LogP contribution < -0.4 is 5.32 Å². The van der Waals surface area contributed by atoms with Crippen molar-refractivity contribution in [2.24, 2.45) is 0 Å². The Morgan fingerprint density at radius 1 is 1.39 bits per heavy atom. The molecule has 2 rings (SSSR count). The number of pyridine rings is 1. The Balaban J connectivity index is 2.46. The predicted molar refractivity (Wildman–Crippen MR) is 71.4 cm³/mol. The van der Waals surface area contributed by atoms with Crippen LogP contribution in [-0.4, -0.2) is 30.4 Å². The van der Waals surface area contributed by atoms with Crippen LogP contribution >= 0.6 is 0 Å². The summed E-state index contributed by atoms with van der Waals surface area (Å²) in [6, 6.07) is 3.48. The third kappa shape index (κ3) is 1.96. The zero-order chi connectivity index (χ0) is 13.3. The maximum absolute atomic E-state index is 12.3. The number of rotatable bonds is 3. The van der Waals surface area contributed by atoms with E-state index in [2.05, 4.69) is 10.3 Å². The minimum absolute atomic E-state index is 0.143. The molecule has 0 saturated heterocycles. The Labute approximate surface area is 107 Å². The van der Waals surface area contributed by atoms with Gasteiger partial charge in [-0.1, -0.05) is 6.92 Å². The third-order valence-electron chi connectivity index (χ3n) is 3.21. The highest BCUT2D eigenvalue weighted by molar-refractivity contribution is 6.45. The zero-order valence-corrected chi connectivity index (χ0v) is 10.8. The fourth-order valence-corrected chi connectivity index (χ4v) is 1.89. The summed E-state index contributed by atoms with van der Waals surface area (Å²) in [5.74, 6) is -0.313. The molecule has 1 N–H and O–H groups in total. The van der Waals surface area contributed by atoms with E-state index in [0.29, 0.717) is 16.7 Å². The van der Waals surface area contributed by atoms with Gasteiger partial charge < -0.3 is 5.32 Å². The highest BCUT2D eigenvalue weighted by atomic mass is 16.1. The van der Waals surface area contributed by atoms with Crippen molar-refractivity contribution >= 4 is 19.4 Å². The number of carbonyl (C=O) groups is 2. The number of allylic oxidation sites excluding steroid dienone is 2. The van der Waals surface area contributed by atoms with Crippen molar-refractivity contribution in [2.45, 2.75) is 26.3 Å². The van der Waals surface area contributed by atoms with E-state index in [1.165, 1.54) is 6.20 Å². The van der Waals surface area contributed by atoms with Gasteiger partial charge in [-0.2, -0.15) is 0 Å². The lowest BCUT2D eigenvalue weighted by atomic mass is 9.80. The molecule has 1 aromatic heterocycles. The maximum atomic E-state index is 12.3. The number of carbonyl (C=O) groups excluding carboxylic acids is 2. The van der Waals surface area contributed by atoms with Crippen LogP contribution in [-0.2, 0) is 0 Å². The van der Waals surface area contributed by atoms with E-state index in [1.54, 1.807) is 20.0 Å². The van der Waals surface area contributed by atoms with E-state index >= 15 is 0 Å². The van der Waals surface area contributed by atoms with Gasteiger partial charge in [-0.15, -0.1) is 0 Å². The summed E-state index contributed by atoms with van der Waals surface area (Å²) in [5.41, 5.74) is 1.51. The molecule has 1 atom stereocenters. The number of nitrogens with one attached hydrogen (secondary N) is 1. The van der Waals surface area contributed by atoms with Crippen molar-refractivity contribution in [2.75, 3.05) is 0 Å². The van der Waals surface area contributed by atoms with Gasteiger partial charge >= 0.3 is 0 Å². The van der Waals surface area contributed by atoms with Gasteiger partial charge in [-0.3, -0.25) is 14.6 Å². The second-order valence-electron chi connectivity index (χ2n) is 4.51. The number of aromatic nitrogens is 1. The number of ketones is 2. The smallest absolute Gasteiger partial charge is 0.210 e. The summed E-state index contributed by atoms with van der Waals surface area (Å²) in [4.78, 5) is 28.4. The van der Waals surface area contributed by atoms with Crippen molar-refractivity contribution in [3.63, 3.8) is 0 Å². The number of Topliss-reactive ketones (excluding diaryl/α,β-unsaturated/α-hetero) is 2. The van der Waals surface area contributed by atoms with Crippen molar-refractivity contribution in [1.29, 1.82) is 0 Å². The zero-order valence-electron chi connectivity index (χ0n) is 10.8. The highest BCUT2D eigenvalue weighted by Crippen LogP contribution is 2.22. The molecule has 1 aliphatic carbocycles. The van der Waals surface area contributed by atoms with Gasteiger partial charge in [0.1, 0.15) is 13.5 Å². The van der Waals surface area contributed by atoms with Crippen LogP contribution in [0.25, 0.3) is 0 Å². The van der Waals surface area contributed by atoms with E-state index in [1.807, 2.05) is 13.8 Å². The summed E-state index contributed by atoms with van der Waals surface area (Å²) in [6.45, 7) is 4.01.